The second-order valence-electron chi connectivity index (χ2n) is 5.72. The second-order valence-corrected chi connectivity index (χ2v) is 10.8. The Hall–Kier alpha value is -0.873. The highest BCUT2D eigenvalue weighted by atomic mass is 35.5. The van der Waals surface area contributed by atoms with Gasteiger partial charge in [0.2, 0.25) is 0 Å². The van der Waals surface area contributed by atoms with Crippen LogP contribution in [0.5, 0.6) is 0 Å². The van der Waals surface area contributed by atoms with Gasteiger partial charge < -0.3 is 4.53 Å². The molecule has 0 unspecified atom stereocenters. The molecule has 0 aliphatic heterocycles. The van der Waals surface area contributed by atoms with Gasteiger partial charge in [0, 0.05) is 0 Å². The lowest BCUT2D eigenvalue weighted by molar-refractivity contribution is 0.310. The molecule has 0 saturated carbocycles. The van der Waals surface area contributed by atoms with Gasteiger partial charge in [0.05, 0.1) is 16.8 Å². The molecule has 0 N–H and O–H groups in total. The summed E-state index contributed by atoms with van der Waals surface area (Å²) < 4.78 is 19.1. The number of hydrogen-bond donors (Lipinski definition) is 0. The maximum absolute atomic E-state index is 13.5. The number of rotatable bonds is 3. The van der Waals surface area contributed by atoms with Gasteiger partial charge in [0.15, 0.2) is 0 Å². The maximum atomic E-state index is 13.5. The molecule has 0 bridgehead atoms. The topological polar surface area (TPSA) is 21.6 Å². The summed E-state index contributed by atoms with van der Waals surface area (Å²) in [6.07, 6.45) is 1.35. The van der Waals surface area contributed by atoms with E-state index in [1.54, 1.807) is 12.1 Å². The van der Waals surface area contributed by atoms with Crippen LogP contribution in [0.15, 0.2) is 23.4 Å². The van der Waals surface area contributed by atoms with E-state index in [0.29, 0.717) is 5.02 Å². The fourth-order valence-corrected chi connectivity index (χ4v) is 1.78. The summed E-state index contributed by atoms with van der Waals surface area (Å²) in [7, 11) is -1.96. The third-order valence-electron chi connectivity index (χ3n) is 3.27. The molecular weight excluding hydrogens is 269 g/mol. The Kier molecular flexibility index (Phi) is 4.56. The van der Waals surface area contributed by atoms with Gasteiger partial charge in [-0.2, -0.15) is 0 Å². The Morgan fingerprint density at radius 3 is 2.44 bits per heavy atom. The van der Waals surface area contributed by atoms with Gasteiger partial charge >= 0.3 is 0 Å². The summed E-state index contributed by atoms with van der Waals surface area (Å²) in [5.41, 5.74) is 0.262. The average molecular weight is 288 g/mol. The molecule has 1 aromatic carbocycles. The van der Waals surface area contributed by atoms with Crippen LogP contribution >= 0.6 is 11.6 Å². The first kappa shape index (κ1) is 15.2. The van der Waals surface area contributed by atoms with Crippen LogP contribution in [0, 0.1) is 5.82 Å². The van der Waals surface area contributed by atoms with Crippen LogP contribution in [0.25, 0.3) is 0 Å². The first-order valence-corrected chi connectivity index (χ1v) is 9.09. The van der Waals surface area contributed by atoms with Crippen LogP contribution in [-0.2, 0) is 4.53 Å². The normalized spacial score (nSPS) is 13.1. The van der Waals surface area contributed by atoms with E-state index in [9.17, 15) is 4.39 Å². The Morgan fingerprint density at radius 2 is 1.94 bits per heavy atom. The predicted molar refractivity (Wildman–Crippen MR) is 77.3 cm³/mol. The summed E-state index contributed by atoms with van der Waals surface area (Å²) in [6, 6.07) is 4.53. The van der Waals surface area contributed by atoms with Crippen molar-refractivity contribution in [2.24, 2.45) is 5.16 Å². The van der Waals surface area contributed by atoms with E-state index in [1.807, 2.05) is 0 Å². The summed E-state index contributed by atoms with van der Waals surface area (Å²) in [5.74, 6) is -0.398. The third-order valence-corrected chi connectivity index (χ3v) is 7.77. The smallest absolute Gasteiger partial charge is 0.286 e. The van der Waals surface area contributed by atoms with Crippen molar-refractivity contribution in [2.45, 2.75) is 38.9 Å². The number of nitrogens with zero attached hydrogens (tertiary/aromatic N) is 1. The van der Waals surface area contributed by atoms with E-state index in [0.717, 1.165) is 0 Å². The lowest BCUT2D eigenvalue weighted by Crippen LogP contribution is -2.39. The summed E-state index contributed by atoms with van der Waals surface area (Å²) in [4.78, 5) is 0. The van der Waals surface area contributed by atoms with Crippen LogP contribution in [0.1, 0.15) is 26.3 Å². The van der Waals surface area contributed by atoms with Gasteiger partial charge in [-0.1, -0.05) is 38.4 Å². The molecule has 0 radical (unpaired) electrons. The zero-order valence-corrected chi connectivity index (χ0v) is 13.2. The lowest BCUT2D eigenvalue weighted by Gasteiger charge is -2.33. The van der Waals surface area contributed by atoms with Crippen molar-refractivity contribution in [3.8, 4) is 0 Å². The zero-order valence-electron chi connectivity index (χ0n) is 11.4. The van der Waals surface area contributed by atoms with Gasteiger partial charge in [-0.15, -0.1) is 5.16 Å². The van der Waals surface area contributed by atoms with Gasteiger partial charge in [-0.3, -0.25) is 0 Å². The van der Waals surface area contributed by atoms with Gasteiger partial charge in [0.1, 0.15) is 5.82 Å². The van der Waals surface area contributed by atoms with E-state index >= 15 is 0 Å². The molecule has 0 aliphatic rings. The predicted octanol–water partition coefficient (Wildman–Crippen LogP) is 4.83. The first-order chi connectivity index (χ1) is 8.15. The van der Waals surface area contributed by atoms with E-state index in [-0.39, 0.29) is 10.6 Å². The molecule has 0 aromatic heterocycles. The molecule has 1 aromatic rings. The number of benzene rings is 1. The molecule has 2 nitrogen and oxygen atoms in total. The average Bonchev–Trinajstić information content (AvgIpc) is 2.20. The minimum atomic E-state index is -1.96. The molecule has 0 spiro atoms. The highest BCUT2D eigenvalue weighted by Crippen LogP contribution is 2.36. The quantitative estimate of drug-likeness (QED) is 0.443. The summed E-state index contributed by atoms with van der Waals surface area (Å²) in [6.45, 7) is 10.5. The fraction of sp³-hybridized carbons (Fsp3) is 0.462. The second kappa shape index (κ2) is 5.41. The molecule has 0 aliphatic carbocycles. The number of oxime groups is 1. The number of halogens is 2. The molecule has 0 atom stereocenters. The summed E-state index contributed by atoms with van der Waals surface area (Å²) >= 11 is 5.89. The molecule has 0 heterocycles. The van der Waals surface area contributed by atoms with Crippen LogP contribution in [-0.4, -0.2) is 14.5 Å². The van der Waals surface area contributed by atoms with E-state index in [2.05, 4.69) is 39.0 Å². The van der Waals surface area contributed by atoms with E-state index in [1.165, 1.54) is 12.3 Å². The van der Waals surface area contributed by atoms with Crippen molar-refractivity contribution >= 4 is 26.1 Å². The van der Waals surface area contributed by atoms with Crippen molar-refractivity contribution in [3.05, 3.63) is 34.6 Å². The fourth-order valence-electron chi connectivity index (χ4n) is 0.982. The molecule has 18 heavy (non-hydrogen) atoms. The van der Waals surface area contributed by atoms with E-state index < -0.39 is 14.1 Å². The van der Waals surface area contributed by atoms with Gasteiger partial charge in [0.25, 0.3) is 8.32 Å². The Morgan fingerprint density at radius 1 is 1.33 bits per heavy atom. The van der Waals surface area contributed by atoms with Gasteiger partial charge in [-0.05, 0) is 30.3 Å². The standard InChI is InChI=1S/C13H19ClFNOSi/c1-13(2,3)18(4,5)17-16-9-10-11(14)7-6-8-12(10)15/h6-9H,1-5H3/b16-9+. The molecular formula is C13H19ClFNOSi. The minimum Gasteiger partial charge on any atom is -0.455 e. The Labute approximate surface area is 114 Å². The van der Waals surface area contributed by atoms with Crippen molar-refractivity contribution in [2.75, 3.05) is 0 Å². The molecule has 5 heteroatoms. The Balaban J connectivity index is 2.84. The van der Waals surface area contributed by atoms with Gasteiger partial charge in [-0.25, -0.2) is 4.39 Å². The van der Waals surface area contributed by atoms with E-state index in [4.69, 9.17) is 16.1 Å². The zero-order chi connectivity index (χ0) is 14.0. The highest BCUT2D eigenvalue weighted by Gasteiger charge is 2.39. The van der Waals surface area contributed by atoms with Crippen LogP contribution < -0.4 is 0 Å². The SMILES string of the molecule is CC(C)(C)[Si](C)(C)O/N=C/c1c(F)cccc1Cl. The van der Waals surface area contributed by atoms with Crippen LogP contribution in [0.4, 0.5) is 4.39 Å². The highest BCUT2D eigenvalue weighted by molar-refractivity contribution is 6.74. The lowest BCUT2D eigenvalue weighted by atomic mass is 10.2. The van der Waals surface area contributed by atoms with Crippen molar-refractivity contribution < 1.29 is 8.92 Å². The largest absolute Gasteiger partial charge is 0.455 e. The Bertz CT molecular complexity index is 435. The number of hydrogen-bond acceptors (Lipinski definition) is 2. The monoisotopic (exact) mass is 287 g/mol. The molecule has 100 valence electrons. The molecule has 0 fully saturated rings. The molecule has 0 amide bonds. The summed E-state index contributed by atoms with van der Waals surface area (Å²) in [5, 5.41) is 4.30. The van der Waals surface area contributed by atoms with Crippen molar-refractivity contribution in [1.82, 2.24) is 0 Å². The van der Waals surface area contributed by atoms with Crippen LogP contribution in [0.2, 0.25) is 23.2 Å². The first-order valence-electron chi connectivity index (χ1n) is 5.81. The molecule has 1 rings (SSSR count). The molecule has 0 saturated heterocycles. The minimum absolute atomic E-state index is 0.0589. The maximum Gasteiger partial charge on any atom is 0.286 e. The third kappa shape index (κ3) is 3.56. The van der Waals surface area contributed by atoms with Crippen molar-refractivity contribution in [3.63, 3.8) is 0 Å². The van der Waals surface area contributed by atoms with Crippen molar-refractivity contribution in [1.29, 1.82) is 0 Å². The van der Waals surface area contributed by atoms with Crippen LogP contribution in [0.3, 0.4) is 0 Å².